The Balaban J connectivity index is 2.11. The van der Waals surface area contributed by atoms with E-state index in [-0.39, 0.29) is 23.9 Å². The average molecular weight is 360 g/mol. The smallest absolute Gasteiger partial charge is 0.375 e. The fourth-order valence-electron chi connectivity index (χ4n) is 2.08. The van der Waals surface area contributed by atoms with Crippen LogP contribution in [0.3, 0.4) is 0 Å². The Morgan fingerprint density at radius 3 is 2.78 bits per heavy atom. The monoisotopic (exact) mass is 359 g/mol. The molecule has 1 aromatic rings. The van der Waals surface area contributed by atoms with Crippen molar-refractivity contribution in [3.63, 3.8) is 0 Å². The summed E-state index contributed by atoms with van der Waals surface area (Å²) in [6, 6.07) is 6.51. The zero-order valence-electron chi connectivity index (χ0n) is 12.6. The summed E-state index contributed by atoms with van der Waals surface area (Å²) in [4.78, 5) is 16.1. The number of rotatable bonds is 4. The molecule has 0 amide bonds. The van der Waals surface area contributed by atoms with Crippen molar-refractivity contribution >= 4 is 38.9 Å². The summed E-state index contributed by atoms with van der Waals surface area (Å²) in [6.07, 6.45) is 0.388. The second-order valence-corrected chi connectivity index (χ2v) is 7.62. The van der Waals surface area contributed by atoms with E-state index < -0.39 is 21.8 Å². The van der Waals surface area contributed by atoms with Crippen molar-refractivity contribution in [3.05, 3.63) is 29.3 Å². The number of ether oxygens (including phenoxy) is 1. The van der Waals surface area contributed by atoms with Crippen LogP contribution in [-0.2, 0) is 19.4 Å². The third kappa shape index (κ3) is 5.11. The number of para-hydroxylation sites is 1. The molecule has 0 bridgehead atoms. The molecule has 0 spiro atoms. The van der Waals surface area contributed by atoms with Crippen LogP contribution in [0, 0.1) is 0 Å². The van der Waals surface area contributed by atoms with Gasteiger partial charge in [0.05, 0.1) is 34.9 Å². The summed E-state index contributed by atoms with van der Waals surface area (Å²) in [5.74, 6) is -0.718. The molecule has 1 aliphatic rings. The number of carbonyl (C=O) groups excluding carboxylic acids is 1. The number of sulfone groups is 1. The molecule has 0 unspecified atom stereocenters. The van der Waals surface area contributed by atoms with Gasteiger partial charge in [0.25, 0.3) is 0 Å². The fourth-order valence-corrected chi connectivity index (χ4v) is 3.89. The molecule has 1 saturated heterocycles. The highest BCUT2D eigenvalue weighted by atomic mass is 35.5. The first kappa shape index (κ1) is 17.6. The number of hydrogen-bond acceptors (Lipinski definition) is 6. The highest BCUT2D eigenvalue weighted by molar-refractivity contribution is 7.91. The Morgan fingerprint density at radius 1 is 1.43 bits per heavy atom. The molecule has 1 heterocycles. The molecule has 0 saturated carbocycles. The van der Waals surface area contributed by atoms with Gasteiger partial charge >= 0.3 is 5.97 Å². The molecule has 126 valence electrons. The summed E-state index contributed by atoms with van der Waals surface area (Å²) in [6.45, 7) is 1.87. The Kier molecular flexibility index (Phi) is 5.84. The molecule has 1 fully saturated rings. The lowest BCUT2D eigenvalue weighted by atomic mass is 10.3. The zero-order chi connectivity index (χ0) is 16.9. The Bertz CT molecular complexity index is 706. The number of carbonyl (C=O) groups is 1. The van der Waals surface area contributed by atoms with E-state index in [0.29, 0.717) is 17.1 Å². The average Bonchev–Trinajstić information content (AvgIpc) is 2.84. The number of nitrogens with one attached hydrogen (secondary N) is 2. The molecular formula is C14H18ClN3O4S. The minimum Gasteiger partial charge on any atom is -0.460 e. The molecule has 23 heavy (non-hydrogen) atoms. The predicted octanol–water partition coefficient (Wildman–Crippen LogP) is 1.41. The molecule has 0 radical (unpaired) electrons. The molecule has 0 aliphatic carbocycles. The standard InChI is InChI=1S/C14H18ClN3O4S/c1-2-22-14(19)13(16-10-7-8-23(20,21)9-10)18-17-12-6-4-3-5-11(12)15/h3-6,10,17H,2,7-9H2,1H3,(H,16,18)/t10-/m1/s1. The van der Waals surface area contributed by atoms with Crippen LogP contribution < -0.4 is 10.9 Å². The van der Waals surface area contributed by atoms with Crippen molar-refractivity contribution in [2.75, 3.05) is 23.5 Å². The Labute approximate surface area is 140 Å². The van der Waals surface area contributed by atoms with Gasteiger partial charge in [-0.2, -0.15) is 0 Å². The minimum absolute atomic E-state index is 0.0658. The second kappa shape index (κ2) is 7.65. The largest absolute Gasteiger partial charge is 0.460 e. The van der Waals surface area contributed by atoms with Gasteiger partial charge in [0.1, 0.15) is 0 Å². The van der Waals surface area contributed by atoms with Crippen molar-refractivity contribution < 1.29 is 17.9 Å². The first-order valence-corrected chi connectivity index (χ1v) is 9.33. The maximum Gasteiger partial charge on any atom is 0.375 e. The van der Waals surface area contributed by atoms with Crippen molar-refractivity contribution in [2.24, 2.45) is 4.99 Å². The van der Waals surface area contributed by atoms with Crippen LogP contribution in [0.2, 0.25) is 5.02 Å². The molecule has 0 aromatic heterocycles. The maximum absolute atomic E-state index is 12.0. The lowest BCUT2D eigenvalue weighted by molar-refractivity contribution is -0.135. The quantitative estimate of drug-likeness (QED) is 0.365. The number of hydrazine groups is 1. The summed E-state index contributed by atoms with van der Waals surface area (Å²) in [7, 11) is -3.08. The van der Waals surface area contributed by atoms with E-state index in [9.17, 15) is 13.2 Å². The third-order valence-electron chi connectivity index (χ3n) is 3.18. The SMILES string of the molecule is CCOC(=O)C(=N[C@@H]1CCS(=O)(=O)C1)NNc1ccccc1Cl. The third-order valence-corrected chi connectivity index (χ3v) is 5.26. The lowest BCUT2D eigenvalue weighted by Crippen LogP contribution is -2.38. The number of anilines is 1. The van der Waals surface area contributed by atoms with E-state index >= 15 is 0 Å². The lowest BCUT2D eigenvalue weighted by Gasteiger charge is -2.13. The van der Waals surface area contributed by atoms with Crippen LogP contribution in [0.15, 0.2) is 29.3 Å². The number of benzene rings is 1. The number of hydrogen-bond donors (Lipinski definition) is 2. The molecule has 2 rings (SSSR count). The summed E-state index contributed by atoms with van der Waals surface area (Å²) < 4.78 is 27.9. The van der Waals surface area contributed by atoms with Crippen LogP contribution in [0.25, 0.3) is 0 Å². The predicted molar refractivity (Wildman–Crippen MR) is 89.3 cm³/mol. The normalized spacial score (nSPS) is 20.1. The second-order valence-electron chi connectivity index (χ2n) is 4.98. The highest BCUT2D eigenvalue weighted by Crippen LogP contribution is 2.19. The molecule has 1 aliphatic heterocycles. The van der Waals surface area contributed by atoms with Crippen LogP contribution in [0.4, 0.5) is 5.69 Å². The Morgan fingerprint density at radius 2 is 2.17 bits per heavy atom. The summed E-state index contributed by atoms with van der Waals surface area (Å²) >= 11 is 6.02. The first-order chi connectivity index (χ1) is 10.9. The molecular weight excluding hydrogens is 342 g/mol. The van der Waals surface area contributed by atoms with Crippen LogP contribution in [0.5, 0.6) is 0 Å². The van der Waals surface area contributed by atoms with Gasteiger partial charge in [0, 0.05) is 0 Å². The van der Waals surface area contributed by atoms with Crippen LogP contribution in [0.1, 0.15) is 13.3 Å². The van der Waals surface area contributed by atoms with Gasteiger partial charge in [-0.1, -0.05) is 23.7 Å². The van der Waals surface area contributed by atoms with E-state index in [1.165, 1.54) is 0 Å². The van der Waals surface area contributed by atoms with Gasteiger partial charge in [-0.05, 0) is 25.5 Å². The molecule has 1 aromatic carbocycles. The highest BCUT2D eigenvalue weighted by Gasteiger charge is 2.29. The summed E-state index contributed by atoms with van der Waals surface area (Å²) in [5, 5.41) is 0.464. The van der Waals surface area contributed by atoms with Gasteiger partial charge in [-0.15, -0.1) is 0 Å². The van der Waals surface area contributed by atoms with Crippen molar-refractivity contribution in [1.82, 2.24) is 5.43 Å². The number of aliphatic imine (C=N–C) groups is 1. The fraction of sp³-hybridized carbons (Fsp3) is 0.429. The van der Waals surface area contributed by atoms with Gasteiger partial charge in [-0.3, -0.25) is 15.8 Å². The number of amidine groups is 1. The zero-order valence-corrected chi connectivity index (χ0v) is 14.2. The summed E-state index contributed by atoms with van der Waals surface area (Å²) in [5.41, 5.74) is 6.01. The number of halogens is 1. The molecule has 1 atom stereocenters. The van der Waals surface area contributed by atoms with Crippen molar-refractivity contribution in [3.8, 4) is 0 Å². The van der Waals surface area contributed by atoms with Gasteiger partial charge in [-0.25, -0.2) is 13.2 Å². The van der Waals surface area contributed by atoms with Crippen molar-refractivity contribution in [1.29, 1.82) is 0 Å². The molecule has 9 heteroatoms. The number of nitrogens with zero attached hydrogens (tertiary/aromatic N) is 1. The minimum atomic E-state index is -3.08. The first-order valence-electron chi connectivity index (χ1n) is 7.13. The van der Waals surface area contributed by atoms with E-state index in [1.54, 1.807) is 31.2 Å². The maximum atomic E-state index is 12.0. The molecule has 2 N–H and O–H groups in total. The Hall–Kier alpha value is -1.80. The van der Waals surface area contributed by atoms with E-state index in [2.05, 4.69) is 15.8 Å². The molecule has 7 nitrogen and oxygen atoms in total. The van der Waals surface area contributed by atoms with Crippen LogP contribution >= 0.6 is 11.6 Å². The van der Waals surface area contributed by atoms with Crippen LogP contribution in [-0.4, -0.2) is 44.4 Å². The van der Waals surface area contributed by atoms with Gasteiger partial charge in [0.2, 0.25) is 5.84 Å². The number of esters is 1. The topological polar surface area (TPSA) is 96.9 Å². The van der Waals surface area contributed by atoms with E-state index in [0.717, 1.165) is 0 Å². The van der Waals surface area contributed by atoms with Gasteiger partial charge < -0.3 is 4.74 Å². The van der Waals surface area contributed by atoms with Gasteiger partial charge in [0.15, 0.2) is 9.84 Å². The van der Waals surface area contributed by atoms with E-state index in [1.807, 2.05) is 0 Å². The van der Waals surface area contributed by atoms with E-state index in [4.69, 9.17) is 16.3 Å². The van der Waals surface area contributed by atoms with Crippen molar-refractivity contribution in [2.45, 2.75) is 19.4 Å².